The molecule has 0 radical (unpaired) electrons. The Bertz CT molecular complexity index is 704. The Hall–Kier alpha value is -1.81. The monoisotopic (exact) mass is 301 g/mol. The van der Waals surface area contributed by atoms with Crippen LogP contribution in [-0.4, -0.2) is 35.6 Å². The van der Waals surface area contributed by atoms with Crippen LogP contribution in [0.25, 0.3) is 11.0 Å². The molecule has 1 heterocycles. The first-order chi connectivity index (χ1) is 10.5. The number of rotatable bonds is 3. The Morgan fingerprint density at radius 2 is 2.14 bits per heavy atom. The molecule has 1 amide bonds. The van der Waals surface area contributed by atoms with Gasteiger partial charge >= 0.3 is 0 Å². The largest absolute Gasteiger partial charge is 0.450 e. The van der Waals surface area contributed by atoms with E-state index in [1.807, 2.05) is 32.0 Å². The number of carbonyl (C=O) groups excluding carboxylic acids is 1. The summed E-state index contributed by atoms with van der Waals surface area (Å²) in [7, 11) is 1.78. The molecule has 2 aromatic rings. The van der Waals surface area contributed by atoms with Gasteiger partial charge in [0, 0.05) is 30.5 Å². The van der Waals surface area contributed by atoms with Crippen LogP contribution in [-0.2, 0) is 0 Å². The van der Waals surface area contributed by atoms with E-state index in [-0.39, 0.29) is 17.9 Å². The van der Waals surface area contributed by atoms with Gasteiger partial charge < -0.3 is 14.4 Å². The van der Waals surface area contributed by atoms with Crippen molar-refractivity contribution in [3.8, 4) is 0 Å². The second-order valence-corrected chi connectivity index (χ2v) is 6.45. The molecule has 1 aromatic carbocycles. The molecule has 0 aliphatic heterocycles. The standard InChI is InChI=1S/C18H23NO3/c1-11-6-4-8-14-12(2)17(22-16(11)14)18(21)19(3)10-13-7-5-9-15(13)20/h4,6,8,13,15,20H,5,7,9-10H2,1-3H3. The third-order valence-electron chi connectivity index (χ3n) is 4.83. The van der Waals surface area contributed by atoms with Crippen molar-refractivity contribution in [1.29, 1.82) is 0 Å². The van der Waals surface area contributed by atoms with Gasteiger partial charge in [0.25, 0.3) is 5.91 Å². The van der Waals surface area contributed by atoms with E-state index >= 15 is 0 Å². The van der Waals surface area contributed by atoms with Gasteiger partial charge in [0.1, 0.15) is 5.58 Å². The molecule has 1 N–H and O–H groups in total. The molecule has 1 saturated carbocycles. The van der Waals surface area contributed by atoms with E-state index in [1.54, 1.807) is 11.9 Å². The minimum atomic E-state index is -0.283. The number of benzene rings is 1. The molecular formula is C18H23NO3. The molecule has 4 nitrogen and oxygen atoms in total. The lowest BCUT2D eigenvalue weighted by Crippen LogP contribution is -2.34. The molecule has 2 unspecified atom stereocenters. The van der Waals surface area contributed by atoms with Crippen LogP contribution in [0.5, 0.6) is 0 Å². The number of amides is 1. The Kier molecular flexibility index (Phi) is 3.96. The van der Waals surface area contributed by atoms with Crippen LogP contribution in [0.1, 0.15) is 40.9 Å². The highest BCUT2D eigenvalue weighted by Crippen LogP contribution is 2.30. The predicted molar refractivity (Wildman–Crippen MR) is 86.0 cm³/mol. The fourth-order valence-electron chi connectivity index (χ4n) is 3.43. The summed E-state index contributed by atoms with van der Waals surface area (Å²) >= 11 is 0. The lowest BCUT2D eigenvalue weighted by Gasteiger charge is -2.22. The maximum Gasteiger partial charge on any atom is 0.289 e. The lowest BCUT2D eigenvalue weighted by atomic mass is 10.1. The molecule has 0 bridgehead atoms. The van der Waals surface area contributed by atoms with Crippen molar-refractivity contribution in [1.82, 2.24) is 4.90 Å². The van der Waals surface area contributed by atoms with Crippen LogP contribution in [0.4, 0.5) is 0 Å². The van der Waals surface area contributed by atoms with E-state index in [2.05, 4.69) is 0 Å². The third kappa shape index (κ3) is 2.52. The van der Waals surface area contributed by atoms with Crippen molar-refractivity contribution < 1.29 is 14.3 Å². The fraction of sp³-hybridized carbons (Fsp3) is 0.500. The highest BCUT2D eigenvalue weighted by Gasteiger charge is 2.29. The minimum absolute atomic E-state index is 0.104. The first-order valence-electron chi connectivity index (χ1n) is 7.91. The van der Waals surface area contributed by atoms with Crippen molar-refractivity contribution in [3.63, 3.8) is 0 Å². The number of aliphatic hydroxyl groups excluding tert-OH is 1. The minimum Gasteiger partial charge on any atom is -0.450 e. The number of carbonyl (C=O) groups is 1. The van der Waals surface area contributed by atoms with Gasteiger partial charge in [-0.1, -0.05) is 24.6 Å². The normalized spacial score (nSPS) is 21.5. The summed E-state index contributed by atoms with van der Waals surface area (Å²) in [5, 5.41) is 10.9. The molecule has 1 aromatic heterocycles. The molecule has 2 atom stereocenters. The van der Waals surface area contributed by atoms with E-state index < -0.39 is 0 Å². The summed E-state index contributed by atoms with van der Waals surface area (Å²) < 4.78 is 5.85. The number of hydrogen-bond donors (Lipinski definition) is 1. The van der Waals surface area contributed by atoms with Crippen molar-refractivity contribution in [2.45, 2.75) is 39.2 Å². The van der Waals surface area contributed by atoms with Crippen molar-refractivity contribution in [2.24, 2.45) is 5.92 Å². The summed E-state index contributed by atoms with van der Waals surface area (Å²) in [5.74, 6) is 0.492. The van der Waals surface area contributed by atoms with Gasteiger partial charge in [0.2, 0.25) is 0 Å². The molecule has 0 spiro atoms. The quantitative estimate of drug-likeness (QED) is 0.946. The Morgan fingerprint density at radius 1 is 1.36 bits per heavy atom. The van der Waals surface area contributed by atoms with Crippen LogP contribution in [0.3, 0.4) is 0 Å². The second kappa shape index (κ2) is 5.76. The Labute approximate surface area is 130 Å². The third-order valence-corrected chi connectivity index (χ3v) is 4.83. The summed E-state index contributed by atoms with van der Waals surface area (Å²) in [4.78, 5) is 14.4. The van der Waals surface area contributed by atoms with Gasteiger partial charge in [-0.2, -0.15) is 0 Å². The SMILES string of the molecule is Cc1c(C(=O)N(C)CC2CCCC2O)oc2c(C)cccc12. The zero-order valence-corrected chi connectivity index (χ0v) is 13.4. The Morgan fingerprint density at radius 3 is 2.77 bits per heavy atom. The number of fused-ring (bicyclic) bond motifs is 1. The fourth-order valence-corrected chi connectivity index (χ4v) is 3.43. The number of aliphatic hydroxyl groups is 1. The molecule has 1 aliphatic rings. The zero-order valence-electron chi connectivity index (χ0n) is 13.4. The lowest BCUT2D eigenvalue weighted by molar-refractivity contribution is 0.0666. The van der Waals surface area contributed by atoms with Crippen LogP contribution in [0.15, 0.2) is 22.6 Å². The van der Waals surface area contributed by atoms with Crippen LogP contribution in [0, 0.1) is 19.8 Å². The zero-order chi connectivity index (χ0) is 15.9. The number of nitrogens with zero attached hydrogens (tertiary/aromatic N) is 1. The first-order valence-corrected chi connectivity index (χ1v) is 7.91. The second-order valence-electron chi connectivity index (χ2n) is 6.45. The maximum atomic E-state index is 12.7. The van der Waals surface area contributed by atoms with Crippen LogP contribution < -0.4 is 0 Å². The number of aryl methyl sites for hydroxylation is 2. The molecule has 118 valence electrons. The van der Waals surface area contributed by atoms with Gasteiger partial charge in [-0.15, -0.1) is 0 Å². The van der Waals surface area contributed by atoms with Crippen molar-refractivity contribution in [3.05, 3.63) is 35.1 Å². The van der Waals surface area contributed by atoms with Gasteiger partial charge in [0.15, 0.2) is 5.76 Å². The van der Waals surface area contributed by atoms with Gasteiger partial charge in [-0.05, 0) is 32.3 Å². The molecule has 3 rings (SSSR count). The van der Waals surface area contributed by atoms with E-state index in [9.17, 15) is 9.90 Å². The topological polar surface area (TPSA) is 53.7 Å². The maximum absolute atomic E-state index is 12.7. The predicted octanol–water partition coefficient (Wildman–Crippen LogP) is 3.28. The van der Waals surface area contributed by atoms with Crippen molar-refractivity contribution >= 4 is 16.9 Å². The van der Waals surface area contributed by atoms with E-state index in [0.717, 1.165) is 41.4 Å². The summed E-state index contributed by atoms with van der Waals surface area (Å²) in [5.41, 5.74) is 2.72. The summed E-state index contributed by atoms with van der Waals surface area (Å²) in [6, 6.07) is 5.95. The summed E-state index contributed by atoms with van der Waals surface area (Å²) in [6.07, 6.45) is 2.58. The number of hydrogen-bond acceptors (Lipinski definition) is 3. The van der Waals surface area contributed by atoms with E-state index in [4.69, 9.17) is 4.42 Å². The van der Waals surface area contributed by atoms with Gasteiger partial charge in [-0.25, -0.2) is 0 Å². The summed E-state index contributed by atoms with van der Waals surface area (Å²) in [6.45, 7) is 4.49. The van der Waals surface area contributed by atoms with Crippen LogP contribution in [0.2, 0.25) is 0 Å². The molecule has 1 aliphatic carbocycles. The average molecular weight is 301 g/mol. The van der Waals surface area contributed by atoms with Gasteiger partial charge in [0.05, 0.1) is 6.10 Å². The first kappa shape index (κ1) is 15.1. The number of furan rings is 1. The molecule has 0 saturated heterocycles. The molecule has 4 heteroatoms. The number of para-hydroxylation sites is 1. The average Bonchev–Trinajstić information content (AvgIpc) is 3.04. The molecule has 1 fully saturated rings. The molecular weight excluding hydrogens is 278 g/mol. The highest BCUT2D eigenvalue weighted by molar-refractivity contribution is 5.99. The van der Waals surface area contributed by atoms with Crippen molar-refractivity contribution in [2.75, 3.05) is 13.6 Å². The smallest absolute Gasteiger partial charge is 0.289 e. The Balaban J connectivity index is 1.85. The van der Waals surface area contributed by atoms with E-state index in [1.165, 1.54) is 0 Å². The van der Waals surface area contributed by atoms with Crippen LogP contribution >= 0.6 is 0 Å². The molecule has 22 heavy (non-hydrogen) atoms. The highest BCUT2D eigenvalue weighted by atomic mass is 16.3. The van der Waals surface area contributed by atoms with E-state index in [0.29, 0.717) is 12.3 Å². The van der Waals surface area contributed by atoms with Gasteiger partial charge in [-0.3, -0.25) is 4.79 Å².